The van der Waals surface area contributed by atoms with Crippen molar-refractivity contribution in [3.05, 3.63) is 30.1 Å². The van der Waals surface area contributed by atoms with Crippen LogP contribution in [0.2, 0.25) is 0 Å². The van der Waals surface area contributed by atoms with Crippen LogP contribution in [0.1, 0.15) is 0 Å². The molecule has 0 heterocycles. The van der Waals surface area contributed by atoms with Gasteiger partial charge in [0.25, 0.3) is 5.91 Å². The molecule has 0 saturated carbocycles. The van der Waals surface area contributed by atoms with E-state index < -0.39 is 35.4 Å². The van der Waals surface area contributed by atoms with Crippen molar-refractivity contribution in [3.8, 4) is 0 Å². The molecule has 1 amide bonds. The fraction of sp³-hybridized carbons (Fsp3) is 0.300. The summed E-state index contributed by atoms with van der Waals surface area (Å²) in [5.74, 6) is -3.80. The molecule has 0 aliphatic rings. The topological polar surface area (TPSA) is 29.1 Å². The largest absolute Gasteiger partial charge is 0.441 e. The van der Waals surface area contributed by atoms with Crippen LogP contribution in [-0.4, -0.2) is 23.9 Å². The van der Waals surface area contributed by atoms with Gasteiger partial charge in [0.2, 0.25) is 0 Å². The summed E-state index contributed by atoms with van der Waals surface area (Å²) in [6.07, 6.45) is -13.0. The number of hydrogen-bond donors (Lipinski definition) is 1. The van der Waals surface area contributed by atoms with Crippen molar-refractivity contribution < 1.29 is 39.9 Å². The molecular formula is C10H5F8NO. The average molecular weight is 307 g/mol. The minimum absolute atomic E-state index is 0.619. The van der Waals surface area contributed by atoms with Crippen molar-refractivity contribution in [3.63, 3.8) is 0 Å². The Hall–Kier alpha value is -1.87. The summed E-state index contributed by atoms with van der Waals surface area (Å²) >= 11 is 0. The molecule has 0 atom stereocenters. The molecular weight excluding hydrogens is 302 g/mol. The van der Waals surface area contributed by atoms with Gasteiger partial charge in [0.15, 0.2) is 0 Å². The fourth-order valence-electron chi connectivity index (χ4n) is 1.17. The third kappa shape index (κ3) is 2.83. The second-order valence-corrected chi connectivity index (χ2v) is 3.62. The van der Waals surface area contributed by atoms with Gasteiger partial charge in [0.05, 0.1) is 0 Å². The van der Waals surface area contributed by atoms with E-state index >= 15 is 0 Å². The average Bonchev–Trinajstić information content (AvgIpc) is 2.28. The van der Waals surface area contributed by atoms with Crippen LogP contribution in [0.25, 0.3) is 0 Å². The highest BCUT2D eigenvalue weighted by Gasteiger charge is 2.77. The van der Waals surface area contributed by atoms with Crippen LogP contribution in [0.15, 0.2) is 24.3 Å². The van der Waals surface area contributed by atoms with Gasteiger partial charge in [-0.1, -0.05) is 0 Å². The Morgan fingerprint density at radius 1 is 0.850 bits per heavy atom. The number of nitrogens with one attached hydrogen (secondary N) is 1. The number of anilines is 1. The van der Waals surface area contributed by atoms with Gasteiger partial charge in [0.1, 0.15) is 5.82 Å². The predicted octanol–water partition coefficient (Wildman–Crippen LogP) is 3.60. The molecule has 0 radical (unpaired) electrons. The number of alkyl halides is 7. The van der Waals surface area contributed by atoms with Gasteiger partial charge in [0, 0.05) is 5.69 Å². The molecule has 1 rings (SSSR count). The quantitative estimate of drug-likeness (QED) is 0.831. The number of rotatable bonds is 2. The highest BCUT2D eigenvalue weighted by atomic mass is 19.4. The first-order chi connectivity index (χ1) is 8.89. The van der Waals surface area contributed by atoms with E-state index in [1.165, 1.54) is 0 Å². The molecule has 0 bridgehead atoms. The van der Waals surface area contributed by atoms with Gasteiger partial charge in [-0.15, -0.1) is 0 Å². The molecule has 0 aromatic heterocycles. The molecule has 1 N–H and O–H groups in total. The third-order valence-corrected chi connectivity index (χ3v) is 2.20. The molecule has 10 heteroatoms. The molecule has 1 aromatic carbocycles. The number of amides is 1. The van der Waals surface area contributed by atoms with Crippen LogP contribution in [0, 0.1) is 5.82 Å². The van der Waals surface area contributed by atoms with Gasteiger partial charge in [-0.2, -0.15) is 26.3 Å². The Morgan fingerprint density at radius 3 is 1.60 bits per heavy atom. The number of halogens is 8. The standard InChI is InChI=1S/C10H5F8NO/c11-5-1-3-6(4-2-5)19-7(20)8(12,9(13,14)15)10(16,17)18/h1-4H,(H,19,20). The van der Waals surface area contributed by atoms with Crippen LogP contribution < -0.4 is 5.32 Å². The highest BCUT2D eigenvalue weighted by Crippen LogP contribution is 2.46. The first-order valence-corrected chi connectivity index (χ1v) is 4.79. The number of benzene rings is 1. The molecule has 2 nitrogen and oxygen atoms in total. The van der Waals surface area contributed by atoms with Gasteiger partial charge < -0.3 is 5.32 Å². The smallest absolute Gasteiger partial charge is 0.323 e. The van der Waals surface area contributed by atoms with Crippen LogP contribution >= 0.6 is 0 Å². The Morgan fingerprint density at radius 2 is 1.25 bits per heavy atom. The van der Waals surface area contributed by atoms with Crippen LogP contribution in [-0.2, 0) is 4.79 Å². The summed E-state index contributed by atoms with van der Waals surface area (Å²) in [4.78, 5) is 11.0. The monoisotopic (exact) mass is 307 g/mol. The lowest BCUT2D eigenvalue weighted by Crippen LogP contribution is -2.60. The van der Waals surface area contributed by atoms with Gasteiger partial charge >= 0.3 is 18.0 Å². The Bertz CT molecular complexity index is 475. The molecule has 0 saturated heterocycles. The lowest BCUT2D eigenvalue weighted by Gasteiger charge is -2.28. The zero-order chi connectivity index (χ0) is 15.8. The van der Waals surface area contributed by atoms with E-state index in [4.69, 9.17) is 0 Å². The zero-order valence-corrected chi connectivity index (χ0v) is 9.24. The van der Waals surface area contributed by atoms with Crippen molar-refractivity contribution in [2.45, 2.75) is 18.0 Å². The van der Waals surface area contributed by atoms with Crippen LogP contribution in [0.5, 0.6) is 0 Å². The molecule has 20 heavy (non-hydrogen) atoms. The van der Waals surface area contributed by atoms with Crippen molar-refractivity contribution >= 4 is 11.6 Å². The van der Waals surface area contributed by atoms with E-state index in [1.807, 2.05) is 0 Å². The summed E-state index contributed by atoms with van der Waals surface area (Å²) in [6.45, 7) is 0. The lowest BCUT2D eigenvalue weighted by atomic mass is 10.0. The summed E-state index contributed by atoms with van der Waals surface area (Å²) in [5, 5.41) is 1.10. The zero-order valence-electron chi connectivity index (χ0n) is 9.24. The van der Waals surface area contributed by atoms with Crippen molar-refractivity contribution in [1.29, 1.82) is 0 Å². The summed E-state index contributed by atoms with van der Waals surface area (Å²) in [6, 6.07) is 2.69. The van der Waals surface area contributed by atoms with Crippen LogP contribution in [0.4, 0.5) is 40.8 Å². The predicted molar refractivity (Wildman–Crippen MR) is 51.0 cm³/mol. The maximum atomic E-state index is 13.2. The van der Waals surface area contributed by atoms with Gasteiger partial charge in [-0.3, -0.25) is 4.79 Å². The lowest BCUT2D eigenvalue weighted by molar-refractivity contribution is -0.324. The summed E-state index contributed by atoms with van der Waals surface area (Å²) in [5.41, 5.74) is -6.68. The van der Waals surface area contributed by atoms with E-state index in [1.54, 1.807) is 0 Å². The Balaban J connectivity index is 3.11. The second-order valence-electron chi connectivity index (χ2n) is 3.62. The highest BCUT2D eigenvalue weighted by molar-refractivity contribution is 5.98. The molecule has 1 aromatic rings. The molecule has 0 spiro atoms. The van der Waals surface area contributed by atoms with Crippen molar-refractivity contribution in [1.82, 2.24) is 0 Å². The fourth-order valence-corrected chi connectivity index (χ4v) is 1.17. The van der Waals surface area contributed by atoms with E-state index in [0.29, 0.717) is 24.3 Å². The molecule has 112 valence electrons. The minimum Gasteiger partial charge on any atom is -0.323 e. The van der Waals surface area contributed by atoms with E-state index in [0.717, 1.165) is 5.32 Å². The van der Waals surface area contributed by atoms with E-state index in [9.17, 15) is 39.9 Å². The third-order valence-electron chi connectivity index (χ3n) is 2.20. The van der Waals surface area contributed by atoms with E-state index in [-0.39, 0.29) is 0 Å². The first-order valence-electron chi connectivity index (χ1n) is 4.79. The summed E-state index contributed by atoms with van der Waals surface area (Å²) < 4.78 is 98.9. The normalized spacial score (nSPS) is 13.2. The number of carbonyl (C=O) groups excluding carboxylic acids is 1. The molecule has 0 fully saturated rings. The molecule has 0 unspecified atom stereocenters. The Kier molecular flexibility index (Phi) is 3.97. The Labute approximate surface area is 106 Å². The number of carbonyl (C=O) groups is 1. The first kappa shape index (κ1) is 16.2. The molecule has 0 aliphatic carbocycles. The minimum atomic E-state index is -6.49. The van der Waals surface area contributed by atoms with Crippen molar-refractivity contribution in [2.75, 3.05) is 5.32 Å². The van der Waals surface area contributed by atoms with E-state index in [2.05, 4.69) is 0 Å². The second kappa shape index (κ2) is 4.91. The number of hydrogen-bond acceptors (Lipinski definition) is 1. The van der Waals surface area contributed by atoms with Crippen molar-refractivity contribution in [2.24, 2.45) is 0 Å². The van der Waals surface area contributed by atoms with Crippen LogP contribution in [0.3, 0.4) is 0 Å². The van der Waals surface area contributed by atoms with Gasteiger partial charge in [-0.05, 0) is 24.3 Å². The summed E-state index contributed by atoms with van der Waals surface area (Å²) in [7, 11) is 0. The van der Waals surface area contributed by atoms with Gasteiger partial charge in [-0.25, -0.2) is 8.78 Å². The maximum Gasteiger partial charge on any atom is 0.441 e. The maximum absolute atomic E-state index is 13.2. The SMILES string of the molecule is O=C(Nc1ccc(F)cc1)C(F)(C(F)(F)F)C(F)(F)F. The molecule has 0 aliphatic heterocycles.